The summed E-state index contributed by atoms with van der Waals surface area (Å²) in [5.74, 6) is -0.353. The van der Waals surface area contributed by atoms with E-state index in [4.69, 9.17) is 10.5 Å². The highest BCUT2D eigenvalue weighted by Crippen LogP contribution is 2.43. The molecule has 0 aromatic carbocycles. The molecule has 1 saturated carbocycles. The fourth-order valence-electron chi connectivity index (χ4n) is 2.07. The molecule has 0 bridgehead atoms. The second-order valence-electron chi connectivity index (χ2n) is 4.04. The molecule has 0 saturated heterocycles. The average molecular weight is 210 g/mol. The maximum absolute atomic E-state index is 13.0. The van der Waals surface area contributed by atoms with Crippen molar-refractivity contribution in [3.8, 4) is 0 Å². The fraction of sp³-hybridized carbons (Fsp3) is 0.545. The molecule has 1 aliphatic rings. The number of hydrogen-bond donors (Lipinski definition) is 1. The minimum Gasteiger partial charge on any atom is -0.376 e. The molecule has 1 aromatic rings. The molecule has 0 spiro atoms. The first-order valence-electron chi connectivity index (χ1n) is 5.09. The predicted octanol–water partition coefficient (Wildman–Crippen LogP) is 1.79. The van der Waals surface area contributed by atoms with Crippen LogP contribution in [0.15, 0.2) is 18.5 Å². The zero-order chi connectivity index (χ0) is 10.9. The second kappa shape index (κ2) is 3.87. The Morgan fingerprint density at radius 2 is 2.27 bits per heavy atom. The van der Waals surface area contributed by atoms with Gasteiger partial charge in [-0.2, -0.15) is 0 Å². The van der Waals surface area contributed by atoms with Crippen LogP contribution in [0.3, 0.4) is 0 Å². The summed E-state index contributed by atoms with van der Waals surface area (Å²) in [5.41, 5.74) is 6.48. The monoisotopic (exact) mass is 210 g/mol. The highest BCUT2D eigenvalue weighted by Gasteiger charge is 2.43. The van der Waals surface area contributed by atoms with E-state index in [-0.39, 0.29) is 17.5 Å². The fourth-order valence-corrected chi connectivity index (χ4v) is 2.07. The van der Waals surface area contributed by atoms with Crippen molar-refractivity contribution < 1.29 is 9.13 Å². The first-order chi connectivity index (χ1) is 7.18. The number of aromatic nitrogens is 1. The zero-order valence-corrected chi connectivity index (χ0v) is 8.74. The Morgan fingerprint density at radius 1 is 1.53 bits per heavy atom. The van der Waals surface area contributed by atoms with Crippen molar-refractivity contribution in [1.82, 2.24) is 4.98 Å². The Balaban J connectivity index is 2.23. The number of hydrogen-bond acceptors (Lipinski definition) is 3. The molecule has 2 rings (SSSR count). The van der Waals surface area contributed by atoms with Crippen LogP contribution in [0, 0.1) is 5.82 Å². The molecule has 1 aromatic heterocycles. The summed E-state index contributed by atoms with van der Waals surface area (Å²) in [4.78, 5) is 3.80. The van der Waals surface area contributed by atoms with Gasteiger partial charge in [0.1, 0.15) is 5.82 Å². The van der Waals surface area contributed by atoms with Crippen molar-refractivity contribution in [2.24, 2.45) is 5.73 Å². The van der Waals surface area contributed by atoms with Crippen LogP contribution in [0.25, 0.3) is 0 Å². The van der Waals surface area contributed by atoms with E-state index in [1.54, 1.807) is 13.3 Å². The SMILES string of the molecule is COC1(C(N)c2cncc(F)c2)CCC1. The average Bonchev–Trinajstić information content (AvgIpc) is 2.17. The molecule has 82 valence electrons. The molecule has 2 N–H and O–H groups in total. The lowest BCUT2D eigenvalue weighted by atomic mass is 9.73. The van der Waals surface area contributed by atoms with Gasteiger partial charge in [-0.15, -0.1) is 0 Å². The quantitative estimate of drug-likeness (QED) is 0.827. The lowest BCUT2D eigenvalue weighted by Gasteiger charge is -2.45. The van der Waals surface area contributed by atoms with Gasteiger partial charge in [0.2, 0.25) is 0 Å². The first-order valence-corrected chi connectivity index (χ1v) is 5.09. The van der Waals surface area contributed by atoms with Crippen molar-refractivity contribution in [2.45, 2.75) is 30.9 Å². The first kappa shape index (κ1) is 10.5. The summed E-state index contributed by atoms with van der Waals surface area (Å²) in [5, 5.41) is 0. The summed E-state index contributed by atoms with van der Waals surface area (Å²) in [6.07, 6.45) is 5.76. The third kappa shape index (κ3) is 1.75. The van der Waals surface area contributed by atoms with Gasteiger partial charge in [0.25, 0.3) is 0 Å². The second-order valence-corrected chi connectivity index (χ2v) is 4.04. The molecular weight excluding hydrogens is 195 g/mol. The van der Waals surface area contributed by atoms with Crippen LogP contribution in [-0.2, 0) is 4.74 Å². The van der Waals surface area contributed by atoms with Gasteiger partial charge in [-0.3, -0.25) is 4.98 Å². The maximum atomic E-state index is 13.0. The highest BCUT2D eigenvalue weighted by molar-refractivity contribution is 5.20. The Labute approximate surface area is 88.5 Å². The summed E-state index contributed by atoms with van der Waals surface area (Å²) < 4.78 is 18.4. The van der Waals surface area contributed by atoms with Gasteiger partial charge in [-0.05, 0) is 30.9 Å². The Morgan fingerprint density at radius 3 is 2.73 bits per heavy atom. The zero-order valence-electron chi connectivity index (χ0n) is 8.74. The van der Waals surface area contributed by atoms with Crippen LogP contribution in [0.2, 0.25) is 0 Å². The van der Waals surface area contributed by atoms with Crippen molar-refractivity contribution in [3.63, 3.8) is 0 Å². The number of halogens is 1. The molecule has 0 amide bonds. The third-order valence-electron chi connectivity index (χ3n) is 3.26. The number of methoxy groups -OCH3 is 1. The lowest BCUT2D eigenvalue weighted by molar-refractivity contribution is -0.0912. The molecule has 0 aliphatic heterocycles. The van der Waals surface area contributed by atoms with E-state index >= 15 is 0 Å². The van der Waals surface area contributed by atoms with Gasteiger partial charge in [-0.25, -0.2) is 4.39 Å². The van der Waals surface area contributed by atoms with Crippen LogP contribution in [0.5, 0.6) is 0 Å². The summed E-state index contributed by atoms with van der Waals surface area (Å²) in [6.45, 7) is 0. The molecule has 1 aliphatic carbocycles. The van der Waals surface area contributed by atoms with Crippen LogP contribution < -0.4 is 5.73 Å². The predicted molar refractivity (Wildman–Crippen MR) is 54.7 cm³/mol. The summed E-state index contributed by atoms with van der Waals surface area (Å²) in [7, 11) is 1.66. The molecule has 1 heterocycles. The van der Waals surface area contributed by atoms with Crippen molar-refractivity contribution in [1.29, 1.82) is 0 Å². The van der Waals surface area contributed by atoms with E-state index in [2.05, 4.69) is 4.98 Å². The van der Waals surface area contributed by atoms with E-state index in [9.17, 15) is 4.39 Å². The number of pyridine rings is 1. The molecule has 1 atom stereocenters. The molecule has 1 unspecified atom stereocenters. The van der Waals surface area contributed by atoms with Crippen LogP contribution in [-0.4, -0.2) is 17.7 Å². The van der Waals surface area contributed by atoms with E-state index in [0.29, 0.717) is 5.56 Å². The van der Waals surface area contributed by atoms with Gasteiger partial charge in [0.05, 0.1) is 17.8 Å². The molecule has 1 fully saturated rings. The standard InChI is InChI=1S/C11H15FN2O/c1-15-11(3-2-4-11)10(13)8-5-9(12)7-14-6-8/h5-7,10H,2-4,13H2,1H3. The van der Waals surface area contributed by atoms with Gasteiger partial charge >= 0.3 is 0 Å². The Bertz CT molecular complexity index is 347. The van der Waals surface area contributed by atoms with Crippen molar-refractivity contribution in [2.75, 3.05) is 7.11 Å². The van der Waals surface area contributed by atoms with Crippen molar-refractivity contribution in [3.05, 3.63) is 29.8 Å². The smallest absolute Gasteiger partial charge is 0.141 e. The number of rotatable bonds is 3. The third-order valence-corrected chi connectivity index (χ3v) is 3.26. The number of nitrogens with two attached hydrogens (primary N) is 1. The van der Waals surface area contributed by atoms with Gasteiger partial charge in [0, 0.05) is 13.3 Å². The normalized spacial score (nSPS) is 20.7. The van der Waals surface area contributed by atoms with E-state index in [1.807, 2.05) is 0 Å². The largest absolute Gasteiger partial charge is 0.376 e. The minimum atomic E-state index is -0.353. The number of nitrogens with zero attached hydrogens (tertiary/aromatic N) is 1. The van der Waals surface area contributed by atoms with Gasteiger partial charge < -0.3 is 10.5 Å². The van der Waals surface area contributed by atoms with E-state index in [1.165, 1.54) is 12.3 Å². The topological polar surface area (TPSA) is 48.1 Å². The molecule has 3 nitrogen and oxygen atoms in total. The minimum absolute atomic E-state index is 0.292. The molecular formula is C11H15FN2O. The Kier molecular flexibility index (Phi) is 2.71. The van der Waals surface area contributed by atoms with Crippen LogP contribution >= 0.6 is 0 Å². The Hall–Kier alpha value is -1.00. The van der Waals surface area contributed by atoms with Crippen LogP contribution in [0.4, 0.5) is 4.39 Å². The maximum Gasteiger partial charge on any atom is 0.141 e. The molecule has 4 heteroatoms. The van der Waals surface area contributed by atoms with Crippen molar-refractivity contribution >= 4 is 0 Å². The highest BCUT2D eigenvalue weighted by atomic mass is 19.1. The van der Waals surface area contributed by atoms with E-state index in [0.717, 1.165) is 19.3 Å². The summed E-state index contributed by atoms with van der Waals surface area (Å²) in [6, 6.07) is 1.14. The van der Waals surface area contributed by atoms with Crippen LogP contribution in [0.1, 0.15) is 30.9 Å². The summed E-state index contributed by atoms with van der Waals surface area (Å²) >= 11 is 0. The number of ether oxygens (including phenoxy) is 1. The van der Waals surface area contributed by atoms with E-state index < -0.39 is 0 Å². The molecule has 15 heavy (non-hydrogen) atoms. The van der Waals surface area contributed by atoms with Gasteiger partial charge in [-0.1, -0.05) is 0 Å². The van der Waals surface area contributed by atoms with Gasteiger partial charge in [0.15, 0.2) is 0 Å². The lowest BCUT2D eigenvalue weighted by Crippen LogP contribution is -2.48. The molecule has 0 radical (unpaired) electrons.